The van der Waals surface area contributed by atoms with Gasteiger partial charge in [0.05, 0.1) is 0 Å². The molecule has 2 N–H and O–H groups in total. The summed E-state index contributed by atoms with van der Waals surface area (Å²) < 4.78 is 0. The highest BCUT2D eigenvalue weighted by Gasteiger charge is 1.94. The van der Waals surface area contributed by atoms with Gasteiger partial charge >= 0.3 is 0 Å². The molecule has 9 heavy (non-hydrogen) atoms. The summed E-state index contributed by atoms with van der Waals surface area (Å²) in [7, 11) is 0. The minimum atomic E-state index is 0.468. The van der Waals surface area contributed by atoms with Crippen LogP contribution in [0.15, 0.2) is 5.11 Å². The van der Waals surface area contributed by atoms with E-state index in [1.807, 2.05) is 6.92 Å². The number of hydrogen-bond acceptors (Lipinski definition) is 2. The van der Waals surface area contributed by atoms with Crippen LogP contribution < -0.4 is 5.73 Å². The summed E-state index contributed by atoms with van der Waals surface area (Å²) in [6, 6.07) is 0. The van der Waals surface area contributed by atoms with Crippen LogP contribution in [0, 0.1) is 5.92 Å². The molecular formula is C5H12N4. The summed E-state index contributed by atoms with van der Waals surface area (Å²) in [5.74, 6) is 0.468. The molecule has 0 aliphatic rings. The second-order valence-corrected chi connectivity index (χ2v) is 2.08. The maximum Gasteiger partial charge on any atom is 0.0260 e. The van der Waals surface area contributed by atoms with Crippen molar-refractivity contribution in [1.29, 1.82) is 0 Å². The van der Waals surface area contributed by atoms with Gasteiger partial charge in [-0.05, 0) is 24.4 Å². The van der Waals surface area contributed by atoms with Gasteiger partial charge in [-0.1, -0.05) is 12.0 Å². The van der Waals surface area contributed by atoms with E-state index in [0.717, 1.165) is 6.42 Å². The maximum atomic E-state index is 7.88. The zero-order chi connectivity index (χ0) is 7.11. The minimum Gasteiger partial charge on any atom is -0.330 e. The highest BCUT2D eigenvalue weighted by Crippen LogP contribution is 1.97. The molecule has 4 heteroatoms. The Morgan fingerprint density at radius 2 is 2.44 bits per heavy atom. The van der Waals surface area contributed by atoms with Crippen molar-refractivity contribution in [3.05, 3.63) is 10.4 Å². The Morgan fingerprint density at radius 3 is 2.89 bits per heavy atom. The molecule has 0 spiro atoms. The van der Waals surface area contributed by atoms with Gasteiger partial charge in [0.15, 0.2) is 0 Å². The summed E-state index contributed by atoms with van der Waals surface area (Å²) in [5, 5.41) is 3.38. The fraction of sp³-hybridized carbons (Fsp3) is 1.00. The number of nitrogens with zero attached hydrogens (tertiary/aromatic N) is 3. The van der Waals surface area contributed by atoms with Gasteiger partial charge in [-0.15, -0.1) is 0 Å². The van der Waals surface area contributed by atoms with E-state index in [1.165, 1.54) is 0 Å². The first-order valence-electron chi connectivity index (χ1n) is 3.02. The van der Waals surface area contributed by atoms with E-state index in [-0.39, 0.29) is 0 Å². The quantitative estimate of drug-likeness (QED) is 0.345. The Morgan fingerprint density at radius 1 is 1.78 bits per heavy atom. The van der Waals surface area contributed by atoms with Crippen molar-refractivity contribution < 1.29 is 0 Å². The first-order chi connectivity index (χ1) is 4.31. The van der Waals surface area contributed by atoms with Gasteiger partial charge in [-0.2, -0.15) is 0 Å². The number of hydrogen-bond donors (Lipinski definition) is 1. The van der Waals surface area contributed by atoms with Gasteiger partial charge in [0.2, 0.25) is 0 Å². The average molecular weight is 128 g/mol. The normalized spacial score (nSPS) is 12.2. The van der Waals surface area contributed by atoms with E-state index in [0.29, 0.717) is 19.0 Å². The Hall–Kier alpha value is -0.730. The molecule has 0 radical (unpaired) electrons. The van der Waals surface area contributed by atoms with Crippen molar-refractivity contribution >= 4 is 0 Å². The zero-order valence-electron chi connectivity index (χ0n) is 5.62. The second-order valence-electron chi connectivity index (χ2n) is 2.08. The lowest BCUT2D eigenvalue weighted by molar-refractivity contribution is 0.552. The molecule has 0 aromatic heterocycles. The summed E-state index contributed by atoms with van der Waals surface area (Å²) in [4.78, 5) is 2.63. The average Bonchev–Trinajstić information content (AvgIpc) is 1.89. The fourth-order valence-electron chi connectivity index (χ4n) is 0.441. The van der Waals surface area contributed by atoms with Crippen LogP contribution in [0.3, 0.4) is 0 Å². The topological polar surface area (TPSA) is 74.8 Å². The highest BCUT2D eigenvalue weighted by atomic mass is 15.1. The maximum absolute atomic E-state index is 7.88. The highest BCUT2D eigenvalue weighted by molar-refractivity contribution is 4.55. The summed E-state index contributed by atoms with van der Waals surface area (Å²) in [6.45, 7) is 3.27. The monoisotopic (exact) mass is 128 g/mol. The van der Waals surface area contributed by atoms with E-state index in [2.05, 4.69) is 10.0 Å². The third-order valence-electron chi connectivity index (χ3n) is 1.19. The number of nitrogens with two attached hydrogens (primary N) is 1. The first kappa shape index (κ1) is 8.27. The Balaban J connectivity index is 3.16. The Bertz CT molecular complexity index is 106. The molecule has 0 saturated carbocycles. The second kappa shape index (κ2) is 5.41. The van der Waals surface area contributed by atoms with Crippen molar-refractivity contribution in [2.45, 2.75) is 13.3 Å². The lowest BCUT2D eigenvalue weighted by atomic mass is 10.1. The van der Waals surface area contributed by atoms with Crippen molar-refractivity contribution in [1.82, 2.24) is 0 Å². The van der Waals surface area contributed by atoms with Crippen LogP contribution in [-0.4, -0.2) is 13.1 Å². The Labute approximate surface area is 54.7 Å². The van der Waals surface area contributed by atoms with Crippen LogP contribution in [0.4, 0.5) is 0 Å². The van der Waals surface area contributed by atoms with Crippen LogP contribution in [0.1, 0.15) is 13.3 Å². The lowest BCUT2D eigenvalue weighted by Crippen LogP contribution is -2.11. The SMILES string of the molecule is CC(CN)CCN=[N+]=[N-]. The van der Waals surface area contributed by atoms with Crippen LogP contribution in [0.25, 0.3) is 10.4 Å². The first-order valence-corrected chi connectivity index (χ1v) is 3.02. The number of rotatable bonds is 4. The Kier molecular flexibility index (Phi) is 4.97. The third-order valence-corrected chi connectivity index (χ3v) is 1.19. The van der Waals surface area contributed by atoms with Gasteiger partial charge in [-0.3, -0.25) is 0 Å². The van der Waals surface area contributed by atoms with Gasteiger partial charge in [0, 0.05) is 11.5 Å². The van der Waals surface area contributed by atoms with E-state index in [1.54, 1.807) is 0 Å². The predicted molar refractivity (Wildman–Crippen MR) is 36.8 cm³/mol. The molecule has 0 amide bonds. The molecule has 4 nitrogen and oxygen atoms in total. The van der Waals surface area contributed by atoms with E-state index >= 15 is 0 Å². The molecular weight excluding hydrogens is 116 g/mol. The molecule has 52 valence electrons. The minimum absolute atomic E-state index is 0.468. The molecule has 1 atom stereocenters. The van der Waals surface area contributed by atoms with Crippen molar-refractivity contribution in [2.24, 2.45) is 16.8 Å². The van der Waals surface area contributed by atoms with Crippen LogP contribution in [0.5, 0.6) is 0 Å². The van der Waals surface area contributed by atoms with Crippen molar-refractivity contribution in [3.63, 3.8) is 0 Å². The van der Waals surface area contributed by atoms with E-state index < -0.39 is 0 Å². The smallest absolute Gasteiger partial charge is 0.0260 e. The fourth-order valence-corrected chi connectivity index (χ4v) is 0.441. The molecule has 0 heterocycles. The van der Waals surface area contributed by atoms with Gasteiger partial charge in [0.1, 0.15) is 0 Å². The van der Waals surface area contributed by atoms with Gasteiger partial charge < -0.3 is 5.73 Å². The summed E-state index contributed by atoms with van der Waals surface area (Å²) >= 11 is 0. The van der Waals surface area contributed by atoms with Crippen molar-refractivity contribution in [3.8, 4) is 0 Å². The summed E-state index contributed by atoms with van der Waals surface area (Å²) in [6.07, 6.45) is 0.889. The number of azide groups is 1. The van der Waals surface area contributed by atoms with Crippen LogP contribution in [0.2, 0.25) is 0 Å². The summed E-state index contributed by atoms with van der Waals surface area (Å²) in [5.41, 5.74) is 13.2. The molecule has 0 aliphatic carbocycles. The largest absolute Gasteiger partial charge is 0.330 e. The molecule has 0 bridgehead atoms. The van der Waals surface area contributed by atoms with Gasteiger partial charge in [0.25, 0.3) is 0 Å². The van der Waals surface area contributed by atoms with E-state index in [9.17, 15) is 0 Å². The molecule has 0 aromatic rings. The third kappa shape index (κ3) is 5.14. The molecule has 0 aromatic carbocycles. The molecule has 0 saturated heterocycles. The van der Waals surface area contributed by atoms with E-state index in [4.69, 9.17) is 11.3 Å². The predicted octanol–water partition coefficient (Wildman–Crippen LogP) is 1.28. The molecule has 1 unspecified atom stereocenters. The zero-order valence-corrected chi connectivity index (χ0v) is 5.62. The van der Waals surface area contributed by atoms with Gasteiger partial charge in [-0.25, -0.2) is 0 Å². The molecule has 0 aliphatic heterocycles. The van der Waals surface area contributed by atoms with Crippen LogP contribution in [-0.2, 0) is 0 Å². The lowest BCUT2D eigenvalue weighted by Gasteiger charge is -2.02. The molecule has 0 fully saturated rings. The standard InChI is InChI=1S/C5H12N4/c1-5(4-6)2-3-8-9-7/h5H,2-4,6H2,1H3. The van der Waals surface area contributed by atoms with Crippen molar-refractivity contribution in [2.75, 3.05) is 13.1 Å². The van der Waals surface area contributed by atoms with Crippen LogP contribution >= 0.6 is 0 Å². The molecule has 0 rings (SSSR count).